The van der Waals surface area contributed by atoms with Crippen LogP contribution in [0.15, 0.2) is 35.4 Å². The first kappa shape index (κ1) is 25.1. The quantitative estimate of drug-likeness (QED) is 0.628. The van der Waals surface area contributed by atoms with E-state index in [9.17, 15) is 39.6 Å². The number of alkyl halides is 6. The van der Waals surface area contributed by atoms with Crippen LogP contribution in [0.25, 0.3) is 0 Å². The monoisotopic (exact) mass is 497 g/mol. The van der Waals surface area contributed by atoms with Gasteiger partial charge in [0.15, 0.2) is 15.5 Å². The molecule has 1 fully saturated rings. The number of rotatable bonds is 5. The minimum absolute atomic E-state index is 0.329. The summed E-state index contributed by atoms with van der Waals surface area (Å²) in [4.78, 5) is 11.9. The third-order valence-corrected chi connectivity index (χ3v) is 7.38. The Morgan fingerprint density at radius 2 is 1.73 bits per heavy atom. The van der Waals surface area contributed by atoms with Crippen molar-refractivity contribution >= 4 is 15.7 Å². The maximum absolute atomic E-state index is 13.1. The Kier molecular flexibility index (Phi) is 6.83. The van der Waals surface area contributed by atoms with E-state index in [1.54, 1.807) is 0 Å². The molecular weight excluding hydrogens is 476 g/mol. The molecule has 0 radical (unpaired) electrons. The summed E-state index contributed by atoms with van der Waals surface area (Å²) in [6, 6.07) is 3.09. The van der Waals surface area contributed by atoms with Crippen LogP contribution in [0.1, 0.15) is 47.3 Å². The molecule has 0 unspecified atom stereocenters. The third kappa shape index (κ3) is 6.06. The van der Waals surface area contributed by atoms with E-state index in [0.29, 0.717) is 31.7 Å². The topological polar surface area (TPSA) is 81.1 Å². The average molecular weight is 497 g/mol. The van der Waals surface area contributed by atoms with Crippen LogP contribution in [-0.2, 0) is 29.2 Å². The van der Waals surface area contributed by atoms with Crippen molar-refractivity contribution in [3.05, 3.63) is 47.3 Å². The van der Waals surface area contributed by atoms with Gasteiger partial charge >= 0.3 is 12.4 Å². The van der Waals surface area contributed by atoms with Gasteiger partial charge in [0.1, 0.15) is 0 Å². The summed E-state index contributed by atoms with van der Waals surface area (Å²) in [6.07, 6.45) is -7.12. The molecule has 1 N–H and O–H groups in total. The average Bonchev–Trinajstić information content (AvgIpc) is 3.11. The predicted octanol–water partition coefficient (Wildman–Crippen LogP) is 4.22. The van der Waals surface area contributed by atoms with Crippen LogP contribution in [0.4, 0.5) is 26.3 Å². The molecule has 13 heteroatoms. The van der Waals surface area contributed by atoms with Crippen LogP contribution in [-0.4, -0.2) is 35.9 Å². The van der Waals surface area contributed by atoms with Gasteiger partial charge in [-0.3, -0.25) is 9.48 Å². The van der Waals surface area contributed by atoms with Gasteiger partial charge in [-0.25, -0.2) is 8.42 Å². The zero-order valence-corrected chi connectivity index (χ0v) is 18.2. The zero-order chi connectivity index (χ0) is 24.6. The van der Waals surface area contributed by atoms with Crippen molar-refractivity contribution in [1.29, 1.82) is 0 Å². The highest BCUT2D eigenvalue weighted by atomic mass is 32.2. The van der Waals surface area contributed by atoms with E-state index in [0.717, 1.165) is 29.1 Å². The number of benzene rings is 1. The van der Waals surface area contributed by atoms with Crippen molar-refractivity contribution in [3.63, 3.8) is 0 Å². The van der Waals surface area contributed by atoms with E-state index in [1.807, 2.05) is 0 Å². The summed E-state index contributed by atoms with van der Waals surface area (Å²) in [7, 11) is -2.70. The first-order valence-corrected chi connectivity index (χ1v) is 11.6. The van der Waals surface area contributed by atoms with Crippen LogP contribution in [0, 0.1) is 5.92 Å². The molecular formula is C20H21F6N3O3S. The lowest BCUT2D eigenvalue weighted by Gasteiger charge is -2.29. The molecule has 0 saturated heterocycles. The Labute approximate surface area is 185 Å². The van der Waals surface area contributed by atoms with E-state index in [-0.39, 0.29) is 11.7 Å². The Hall–Kier alpha value is -2.57. The van der Waals surface area contributed by atoms with Crippen LogP contribution >= 0.6 is 0 Å². The molecule has 0 bridgehead atoms. The summed E-state index contributed by atoms with van der Waals surface area (Å²) in [6.45, 7) is 0. The van der Waals surface area contributed by atoms with Gasteiger partial charge in [0, 0.05) is 19.3 Å². The van der Waals surface area contributed by atoms with Gasteiger partial charge < -0.3 is 5.32 Å². The molecule has 33 heavy (non-hydrogen) atoms. The fourth-order valence-corrected chi connectivity index (χ4v) is 5.61. The lowest BCUT2D eigenvalue weighted by molar-refractivity contribution is -0.141. The van der Waals surface area contributed by atoms with Crippen molar-refractivity contribution in [3.8, 4) is 0 Å². The number of carbonyl (C=O) groups is 1. The number of aryl methyl sites for hydroxylation is 1. The van der Waals surface area contributed by atoms with Gasteiger partial charge in [0.2, 0.25) is 0 Å². The van der Waals surface area contributed by atoms with E-state index in [2.05, 4.69) is 10.4 Å². The maximum atomic E-state index is 13.1. The molecule has 2 aromatic rings. The van der Waals surface area contributed by atoms with Crippen LogP contribution < -0.4 is 5.32 Å². The minimum Gasteiger partial charge on any atom is -0.349 e. The van der Waals surface area contributed by atoms with Crippen LogP contribution in [0.2, 0.25) is 0 Å². The van der Waals surface area contributed by atoms with Crippen LogP contribution in [0.3, 0.4) is 0 Å². The molecule has 0 aliphatic heterocycles. The molecule has 0 spiro atoms. The van der Waals surface area contributed by atoms with Crippen molar-refractivity contribution in [2.45, 2.75) is 49.0 Å². The number of sulfone groups is 1. The Bertz CT molecular complexity index is 1120. The second-order valence-corrected chi connectivity index (χ2v) is 10.1. The highest BCUT2D eigenvalue weighted by Gasteiger charge is 2.39. The van der Waals surface area contributed by atoms with E-state index >= 15 is 0 Å². The maximum Gasteiger partial charge on any atom is 0.435 e. The van der Waals surface area contributed by atoms with Crippen molar-refractivity contribution in [1.82, 2.24) is 15.1 Å². The smallest absolute Gasteiger partial charge is 0.349 e. The Morgan fingerprint density at radius 3 is 2.30 bits per heavy atom. The summed E-state index contributed by atoms with van der Waals surface area (Å²) in [5.74, 6) is -1.62. The molecule has 0 atom stereocenters. The normalized spacial score (nSPS) is 20.0. The minimum atomic E-state index is -4.79. The predicted molar refractivity (Wildman–Crippen MR) is 105 cm³/mol. The molecule has 182 valence electrons. The SMILES string of the molecule is Cn1cc(C(=O)N[C@H]2CC[C@H](CS(=O)(=O)c3cccc(C(F)(F)F)c3)CC2)c(C(F)(F)F)n1. The van der Waals surface area contributed by atoms with Crippen molar-refractivity contribution < 1.29 is 39.6 Å². The summed E-state index contributed by atoms with van der Waals surface area (Å²) >= 11 is 0. The molecule has 6 nitrogen and oxygen atoms in total. The first-order chi connectivity index (χ1) is 15.2. The lowest BCUT2D eigenvalue weighted by Crippen LogP contribution is -2.39. The molecule has 1 aromatic carbocycles. The molecule has 3 rings (SSSR count). The Morgan fingerprint density at radius 1 is 1.09 bits per heavy atom. The van der Waals surface area contributed by atoms with Crippen molar-refractivity contribution in [2.75, 3.05) is 5.75 Å². The van der Waals surface area contributed by atoms with Gasteiger partial charge in [0.05, 0.1) is 21.8 Å². The number of amides is 1. The fraction of sp³-hybridized carbons (Fsp3) is 0.500. The molecule has 1 aromatic heterocycles. The number of hydrogen-bond donors (Lipinski definition) is 1. The molecule has 1 amide bonds. The number of carbonyl (C=O) groups excluding carboxylic acids is 1. The summed E-state index contributed by atoms with van der Waals surface area (Å²) in [5, 5.41) is 5.83. The second kappa shape index (κ2) is 8.99. The number of aromatic nitrogens is 2. The van der Waals surface area contributed by atoms with E-state index < -0.39 is 55.9 Å². The standard InChI is InChI=1S/C20H21F6N3O3S/c1-29-10-16(17(28-29)20(24,25)26)18(30)27-14-7-5-12(6-8-14)11-33(31,32)15-4-2-3-13(9-15)19(21,22)23/h2-4,9-10,12,14H,5-8,11H2,1H3,(H,27,30)/t12-,14-. The molecule has 1 aliphatic rings. The van der Waals surface area contributed by atoms with Gasteiger partial charge in [-0.05, 0) is 49.8 Å². The summed E-state index contributed by atoms with van der Waals surface area (Å²) in [5.41, 5.74) is -2.94. The fourth-order valence-electron chi connectivity index (χ4n) is 3.87. The molecule has 1 aliphatic carbocycles. The molecule has 1 saturated carbocycles. The van der Waals surface area contributed by atoms with E-state index in [4.69, 9.17) is 0 Å². The number of hydrogen-bond acceptors (Lipinski definition) is 4. The number of halogens is 6. The lowest BCUT2D eigenvalue weighted by atomic mass is 9.87. The zero-order valence-electron chi connectivity index (χ0n) is 17.4. The second-order valence-electron chi connectivity index (χ2n) is 8.06. The third-order valence-electron chi connectivity index (χ3n) is 5.50. The van der Waals surface area contributed by atoms with Gasteiger partial charge in [-0.15, -0.1) is 0 Å². The molecule has 1 heterocycles. The number of nitrogens with one attached hydrogen (secondary N) is 1. The summed E-state index contributed by atoms with van der Waals surface area (Å²) < 4.78 is 104. The Balaban J connectivity index is 1.60. The highest BCUT2D eigenvalue weighted by Crippen LogP contribution is 2.33. The highest BCUT2D eigenvalue weighted by molar-refractivity contribution is 7.91. The van der Waals surface area contributed by atoms with Crippen LogP contribution in [0.5, 0.6) is 0 Å². The van der Waals surface area contributed by atoms with Gasteiger partial charge in [-0.2, -0.15) is 31.4 Å². The van der Waals surface area contributed by atoms with Crippen molar-refractivity contribution in [2.24, 2.45) is 13.0 Å². The first-order valence-electron chi connectivity index (χ1n) is 9.98. The van der Waals surface area contributed by atoms with E-state index in [1.165, 1.54) is 7.05 Å². The largest absolute Gasteiger partial charge is 0.435 e. The van der Waals surface area contributed by atoms with Gasteiger partial charge in [0.25, 0.3) is 5.91 Å². The van der Waals surface area contributed by atoms with Gasteiger partial charge in [-0.1, -0.05) is 6.07 Å². The number of nitrogens with zero attached hydrogens (tertiary/aromatic N) is 2.